The van der Waals surface area contributed by atoms with Crippen LogP contribution in [0, 0.1) is 0 Å². The Labute approximate surface area is 362 Å². The van der Waals surface area contributed by atoms with Crippen LogP contribution in [0.5, 0.6) is 0 Å². The highest BCUT2D eigenvalue weighted by Gasteiger charge is 2.42. The summed E-state index contributed by atoms with van der Waals surface area (Å²) < 4.78 is 2.20. The van der Waals surface area contributed by atoms with E-state index in [-0.39, 0.29) is 0 Å². The quantitative estimate of drug-likeness (QED) is 0.108. The van der Waals surface area contributed by atoms with E-state index in [0.717, 1.165) is 38.5 Å². The van der Waals surface area contributed by atoms with Crippen LogP contribution in [0.25, 0.3) is 72.8 Å². The Bertz CT molecular complexity index is 3290. The molecular weight excluding hydrogens is 769 g/mol. The minimum Gasteiger partial charge on any atom is -0.278 e. The van der Waals surface area contributed by atoms with Gasteiger partial charge in [-0.1, -0.05) is 224 Å². The normalized spacial score (nSPS) is 11.5. The molecule has 0 aliphatic carbocycles. The lowest BCUT2D eigenvalue weighted by Gasteiger charge is -2.35. The van der Waals surface area contributed by atoms with E-state index in [4.69, 9.17) is 15.0 Å². The molecule has 0 aliphatic heterocycles. The smallest absolute Gasteiger partial charge is 0.238 e. The predicted molar refractivity (Wildman–Crippen MR) is 260 cm³/mol. The molecule has 0 radical (unpaired) electrons. The van der Waals surface area contributed by atoms with Crippen LogP contribution in [0.15, 0.2) is 243 Å². The summed E-state index contributed by atoms with van der Waals surface area (Å²) >= 11 is 0. The lowest BCUT2D eigenvalue weighted by atomic mass is 10.0. The molecule has 0 atom stereocenters. The molecule has 62 heavy (non-hydrogen) atoms. The minimum absolute atomic E-state index is 0.572. The zero-order valence-corrected chi connectivity index (χ0v) is 34.9. The molecule has 0 aliphatic rings. The number of hydrogen-bond acceptors (Lipinski definition) is 3. The maximum atomic E-state index is 5.40. The van der Waals surface area contributed by atoms with Gasteiger partial charge in [0, 0.05) is 21.9 Å². The van der Waals surface area contributed by atoms with Gasteiger partial charge in [-0.05, 0) is 61.2 Å². The molecule has 292 valence electrons. The van der Waals surface area contributed by atoms with E-state index in [0.29, 0.717) is 17.6 Å². The van der Waals surface area contributed by atoms with Crippen molar-refractivity contribution in [2.45, 2.75) is 0 Å². The Balaban J connectivity index is 1.15. The lowest BCUT2D eigenvalue weighted by Crippen LogP contribution is -2.74. The molecule has 2 heterocycles. The molecule has 0 N–H and O–H groups in total. The van der Waals surface area contributed by atoms with Crippen molar-refractivity contribution in [3.63, 3.8) is 0 Å². The van der Waals surface area contributed by atoms with E-state index in [1.165, 1.54) is 37.4 Å². The van der Waals surface area contributed by atoms with E-state index in [9.17, 15) is 0 Å². The van der Waals surface area contributed by atoms with Gasteiger partial charge in [0.2, 0.25) is 5.95 Å². The van der Waals surface area contributed by atoms with E-state index < -0.39 is 8.07 Å². The van der Waals surface area contributed by atoms with Crippen LogP contribution in [0.2, 0.25) is 0 Å². The first-order valence-electron chi connectivity index (χ1n) is 21.0. The number of para-hydroxylation sites is 1. The Kier molecular flexibility index (Phi) is 9.49. The summed E-state index contributed by atoms with van der Waals surface area (Å²) in [4.78, 5) is 15.9. The Hall–Kier alpha value is -7.99. The predicted octanol–water partition coefficient (Wildman–Crippen LogP) is 11.0. The van der Waals surface area contributed by atoms with Crippen LogP contribution in [0.4, 0.5) is 0 Å². The molecule has 0 fully saturated rings. The summed E-state index contributed by atoms with van der Waals surface area (Å²) in [5.41, 5.74) is 8.66. The standard InChI is InChI=1S/C57H40N4Si/c1-6-20-41(21-7-1)44-26-18-32-49(38-44)62(47-28-12-4-13-29-47,48-30-14-5-15-31-48)50-33-19-27-46(39-50)56-58-55(43-24-10-3-11-25-43)59-57(60-56)61-53-35-17-16-34-51(53)52-40-45(36-37-54(52)61)42-22-8-2-9-23-42/h1-40H. The average molecular weight is 809 g/mol. The Morgan fingerprint density at radius 2 is 0.694 bits per heavy atom. The van der Waals surface area contributed by atoms with Crippen molar-refractivity contribution >= 4 is 50.6 Å². The molecule has 2 aromatic heterocycles. The summed E-state index contributed by atoms with van der Waals surface area (Å²) in [5, 5.41) is 7.43. The maximum Gasteiger partial charge on any atom is 0.238 e. The number of hydrogen-bond donors (Lipinski definition) is 0. The number of benzene rings is 9. The number of nitrogens with zero attached hydrogens (tertiary/aromatic N) is 4. The monoisotopic (exact) mass is 808 g/mol. The maximum absolute atomic E-state index is 5.40. The zero-order valence-electron chi connectivity index (χ0n) is 33.9. The van der Waals surface area contributed by atoms with Crippen LogP contribution in [-0.4, -0.2) is 27.6 Å². The second-order valence-corrected chi connectivity index (χ2v) is 19.4. The number of aromatic nitrogens is 4. The highest BCUT2D eigenvalue weighted by molar-refractivity contribution is 7.20. The fourth-order valence-electron chi connectivity index (χ4n) is 9.14. The van der Waals surface area contributed by atoms with Gasteiger partial charge >= 0.3 is 0 Å². The SMILES string of the molecule is c1ccc(-c2cccc([Si](c3ccccc3)(c3ccccc3)c3cccc(-c4nc(-c5ccccc5)nc(-n5c6ccccc6c6cc(-c7ccccc7)ccc65)n4)c3)c2)cc1. The van der Waals surface area contributed by atoms with E-state index >= 15 is 0 Å². The van der Waals surface area contributed by atoms with Crippen molar-refractivity contribution in [3.05, 3.63) is 243 Å². The van der Waals surface area contributed by atoms with Crippen molar-refractivity contribution in [3.8, 4) is 51.0 Å². The summed E-state index contributed by atoms with van der Waals surface area (Å²) in [6, 6.07) is 87.0. The van der Waals surface area contributed by atoms with E-state index in [2.05, 4.69) is 229 Å². The largest absolute Gasteiger partial charge is 0.278 e. The van der Waals surface area contributed by atoms with Gasteiger partial charge in [-0.25, -0.2) is 4.98 Å². The van der Waals surface area contributed by atoms with Crippen molar-refractivity contribution < 1.29 is 0 Å². The Morgan fingerprint density at radius 3 is 1.29 bits per heavy atom. The summed E-state index contributed by atoms with van der Waals surface area (Å²) in [5.74, 6) is 1.81. The molecule has 9 aromatic carbocycles. The average Bonchev–Trinajstić information content (AvgIpc) is 3.69. The molecule has 5 heteroatoms. The lowest BCUT2D eigenvalue weighted by molar-refractivity contribution is 0.953. The Morgan fingerprint density at radius 1 is 0.274 bits per heavy atom. The van der Waals surface area contributed by atoms with Gasteiger partial charge in [-0.2, -0.15) is 9.97 Å². The van der Waals surface area contributed by atoms with Gasteiger partial charge < -0.3 is 0 Å². The first-order chi connectivity index (χ1) is 30.7. The van der Waals surface area contributed by atoms with Crippen LogP contribution in [0.3, 0.4) is 0 Å². The molecule has 11 aromatic rings. The summed E-state index contributed by atoms with van der Waals surface area (Å²) in [6.07, 6.45) is 0. The molecule has 11 rings (SSSR count). The second kappa shape index (κ2) is 15.9. The molecule has 0 saturated carbocycles. The van der Waals surface area contributed by atoms with Crippen molar-refractivity contribution in [2.24, 2.45) is 0 Å². The zero-order chi connectivity index (χ0) is 41.3. The van der Waals surface area contributed by atoms with E-state index in [1.807, 2.05) is 18.2 Å². The highest BCUT2D eigenvalue weighted by Crippen LogP contribution is 2.35. The van der Waals surface area contributed by atoms with Crippen molar-refractivity contribution in [2.75, 3.05) is 0 Å². The second-order valence-electron chi connectivity index (χ2n) is 15.6. The summed E-state index contributed by atoms with van der Waals surface area (Å²) in [6.45, 7) is 0. The van der Waals surface area contributed by atoms with E-state index in [1.54, 1.807) is 0 Å². The molecule has 0 bridgehead atoms. The van der Waals surface area contributed by atoms with Crippen LogP contribution in [0.1, 0.15) is 0 Å². The van der Waals surface area contributed by atoms with Gasteiger partial charge in [-0.3, -0.25) is 4.57 Å². The molecular formula is C57H40N4Si. The summed E-state index contributed by atoms with van der Waals surface area (Å²) in [7, 11) is -2.96. The van der Waals surface area contributed by atoms with Crippen molar-refractivity contribution in [1.29, 1.82) is 0 Å². The first kappa shape index (κ1) is 37.0. The third-order valence-corrected chi connectivity index (χ3v) is 16.8. The molecule has 0 saturated heterocycles. The number of rotatable bonds is 9. The fourth-order valence-corrected chi connectivity index (χ4v) is 14.0. The topological polar surface area (TPSA) is 43.6 Å². The van der Waals surface area contributed by atoms with Gasteiger partial charge in [0.05, 0.1) is 11.0 Å². The fraction of sp³-hybridized carbons (Fsp3) is 0. The third kappa shape index (κ3) is 6.52. The number of fused-ring (bicyclic) bond motifs is 3. The van der Waals surface area contributed by atoms with Gasteiger partial charge in [0.25, 0.3) is 0 Å². The molecule has 0 unspecified atom stereocenters. The first-order valence-corrected chi connectivity index (χ1v) is 23.0. The van der Waals surface area contributed by atoms with Crippen LogP contribution < -0.4 is 20.7 Å². The van der Waals surface area contributed by atoms with Crippen LogP contribution in [-0.2, 0) is 0 Å². The van der Waals surface area contributed by atoms with Gasteiger partial charge in [-0.15, -0.1) is 0 Å². The van der Waals surface area contributed by atoms with Crippen molar-refractivity contribution in [1.82, 2.24) is 19.5 Å². The van der Waals surface area contributed by atoms with Gasteiger partial charge in [0.1, 0.15) is 0 Å². The molecule has 0 spiro atoms. The molecule has 0 amide bonds. The third-order valence-electron chi connectivity index (χ3n) is 12.0. The molecule has 4 nitrogen and oxygen atoms in total. The van der Waals surface area contributed by atoms with Gasteiger partial charge in [0.15, 0.2) is 19.7 Å². The highest BCUT2D eigenvalue weighted by atomic mass is 28.3. The minimum atomic E-state index is -2.96. The van der Waals surface area contributed by atoms with Crippen LogP contribution >= 0.6 is 0 Å².